The Kier molecular flexibility index (Phi) is 382. The second kappa shape index (κ2) is 132. The second-order valence-electron chi connectivity index (χ2n) is 0.891. The van der Waals surface area contributed by atoms with Crippen LogP contribution in [0.1, 0.15) is 0 Å². The first-order valence-corrected chi connectivity index (χ1v) is 3.99. The minimum absolute atomic E-state index is 0. The largest absolute Gasteiger partial charge is 2.00 e. The molecule has 154 valence electrons. The van der Waals surface area contributed by atoms with Gasteiger partial charge in [-0.05, 0) is 0 Å². The average Bonchev–Trinajstić information content (AvgIpc) is 2.65. The van der Waals surface area contributed by atoms with Crippen LogP contribution in [0.3, 0.4) is 0 Å². The molecule has 0 aliphatic carbocycles. The van der Waals surface area contributed by atoms with Crippen LogP contribution in [0.5, 0.6) is 0 Å². The van der Waals surface area contributed by atoms with E-state index in [9.17, 15) is 26.3 Å². The predicted molar refractivity (Wildman–Crippen MR) is 58.3 cm³/mol. The molecule has 0 aromatic rings. The number of rotatable bonds is 0. The molecular weight excluding hydrogens is 536 g/mol. The molecule has 28 heavy (non-hydrogen) atoms. The van der Waals surface area contributed by atoms with Crippen LogP contribution in [0, 0.1) is 53.2 Å². The van der Waals surface area contributed by atoms with Crippen molar-refractivity contribution in [2.75, 3.05) is 0 Å². The maximum atomic E-state index is 10.2. The van der Waals surface area contributed by atoms with Gasteiger partial charge in [0, 0.05) is 0 Å². The van der Waals surface area contributed by atoms with Crippen molar-refractivity contribution in [3.8, 4) is 0 Å². The third-order valence-electron chi connectivity index (χ3n) is 0. The van der Waals surface area contributed by atoms with Crippen LogP contribution >= 0.6 is 0 Å². The Labute approximate surface area is 187 Å². The molecule has 0 rings (SSSR count). The molecule has 0 amide bonds. The van der Waals surface area contributed by atoms with Crippen molar-refractivity contribution in [2.45, 2.75) is 11.0 Å². The van der Waals surface area contributed by atoms with Crippen LogP contribution in [0.15, 0.2) is 0 Å². The summed E-state index contributed by atoms with van der Waals surface area (Å²) in [7, 11) is 0. The molecule has 18 heteroatoms. The molecule has 8 nitrogen and oxygen atoms in total. The molecule has 2 radical (unpaired) electrons. The van der Waals surface area contributed by atoms with Crippen LogP contribution in [-0.4, -0.2) is 11.0 Å². The van der Waals surface area contributed by atoms with E-state index in [-0.39, 0.29) is 34.1 Å². The van der Waals surface area contributed by atoms with Gasteiger partial charge >= 0.3 is 125 Å². The van der Waals surface area contributed by atoms with Gasteiger partial charge in [0.2, 0.25) is 0 Å². The maximum absolute atomic E-state index is 10.2. The van der Waals surface area contributed by atoms with Gasteiger partial charge in [0.25, 0.3) is 11.0 Å². The third kappa shape index (κ3) is 25600. The summed E-state index contributed by atoms with van der Waals surface area (Å²) in [6, 6.07) is 0. The summed E-state index contributed by atoms with van der Waals surface area (Å²) in [6.45, 7) is 36.0. The van der Waals surface area contributed by atoms with Gasteiger partial charge < -0.3 is 25.3 Å². The number of hydrogen-bond acceptors (Lipinski definition) is 2. The second-order valence-corrected chi connectivity index (χ2v) is 1.82. The molecule has 0 bridgehead atoms. The van der Waals surface area contributed by atoms with E-state index in [1.807, 2.05) is 0 Å². The fraction of sp³-hybridized carbons (Fsp3) is 0.200. The fourth-order valence-corrected chi connectivity index (χ4v) is 0. The molecule has 0 spiro atoms. The van der Waals surface area contributed by atoms with Crippen LogP contribution in [-0.2, 0) is 96.6 Å². The topological polar surface area (TPSA) is 159 Å². The van der Waals surface area contributed by atoms with Gasteiger partial charge in [-0.1, -0.05) is 0 Å². The summed E-state index contributed by atoms with van der Waals surface area (Å²) in [5, 5.41) is 0. The molecule has 0 heterocycles. The zero-order valence-corrected chi connectivity index (χ0v) is 16.1. The first-order chi connectivity index (χ1) is 12.0. The maximum Gasteiger partial charge on any atom is 2.00 e. The van der Waals surface area contributed by atoms with E-state index in [1.54, 1.807) is 0 Å². The van der Waals surface area contributed by atoms with Crippen LogP contribution in [0.2, 0.25) is 0 Å². The van der Waals surface area contributed by atoms with Gasteiger partial charge in [-0.15, -0.1) is 0 Å². The summed E-state index contributed by atoms with van der Waals surface area (Å²) in [6.07, 6.45) is 0. The van der Waals surface area contributed by atoms with Gasteiger partial charge in [0.1, 0.15) is 0 Å². The molecule has 0 aromatic carbocycles. The zero-order chi connectivity index (χ0) is 25.0. The van der Waals surface area contributed by atoms with Gasteiger partial charge in [-0.3, -0.25) is 0 Å². The summed E-state index contributed by atoms with van der Waals surface area (Å²) >= 11 is 5.65. The van der Waals surface area contributed by atoms with Crippen molar-refractivity contribution in [1.82, 2.24) is 0 Å². The van der Waals surface area contributed by atoms with Crippen LogP contribution in [0.4, 0.5) is 26.3 Å². The SMILES string of the molecule is FC(F)(F)[S-].FC(F)(F)[S-].[C-]#[O+].[C-]#[O+].[C-]#[O+].[C-]#[O+].[C-]#[O+].[C-]#[O+].[C-]#[O+].[C-]#[O+].[Mn+2].[Mn+2]. The van der Waals surface area contributed by atoms with E-state index in [0.717, 1.165) is 0 Å². The van der Waals surface area contributed by atoms with E-state index >= 15 is 0 Å². The van der Waals surface area contributed by atoms with Crippen molar-refractivity contribution in [1.29, 1.82) is 0 Å². The minimum Gasteiger partial charge on any atom is 2.00 e. The quantitative estimate of drug-likeness (QED) is 0.152. The van der Waals surface area contributed by atoms with E-state index in [0.29, 0.717) is 0 Å². The molecule has 0 aromatic heterocycles. The Hall–Kier alpha value is -0.761. The summed E-state index contributed by atoms with van der Waals surface area (Å²) < 4.78 is 121. The molecule has 0 fully saturated rings. The van der Waals surface area contributed by atoms with Crippen molar-refractivity contribution in [3.05, 3.63) is 53.2 Å². The zero-order valence-electron chi connectivity index (χ0n) is 12.1. The van der Waals surface area contributed by atoms with Crippen molar-refractivity contribution in [3.63, 3.8) is 0 Å². The van der Waals surface area contributed by atoms with Gasteiger partial charge in [-0.2, -0.15) is 26.3 Å². The third-order valence-corrected chi connectivity index (χ3v) is 0. The Morgan fingerprint density at radius 1 is 0.357 bits per heavy atom. The Balaban J connectivity index is -0.0000000105. The summed E-state index contributed by atoms with van der Waals surface area (Å²) in [4.78, 5) is 0. The molecule has 0 unspecified atom stereocenters. The van der Waals surface area contributed by atoms with E-state index in [4.69, 9.17) is 37.2 Å². The average molecular weight is 536 g/mol. The first-order valence-electron chi connectivity index (χ1n) is 3.18. The molecule has 0 aliphatic heterocycles. The Morgan fingerprint density at radius 2 is 0.357 bits per heavy atom. The Bertz CT molecular complexity index is 277. The van der Waals surface area contributed by atoms with Crippen molar-refractivity contribution < 1.29 is 97.7 Å². The molecule has 0 N–H and O–H groups in total. The van der Waals surface area contributed by atoms with Gasteiger partial charge in [-0.25, -0.2) is 0 Å². The van der Waals surface area contributed by atoms with E-state index < -0.39 is 11.0 Å². The molecular formula is C10F6Mn2O8S2+2. The van der Waals surface area contributed by atoms with E-state index in [2.05, 4.69) is 78.5 Å². The predicted octanol–water partition coefficient (Wildman–Crippen LogP) is 1.80. The van der Waals surface area contributed by atoms with E-state index in [1.165, 1.54) is 0 Å². The van der Waals surface area contributed by atoms with Crippen LogP contribution < -0.4 is 0 Å². The van der Waals surface area contributed by atoms with Crippen molar-refractivity contribution in [2.24, 2.45) is 0 Å². The van der Waals surface area contributed by atoms with Gasteiger partial charge in [0.05, 0.1) is 0 Å². The molecule has 0 aliphatic rings. The van der Waals surface area contributed by atoms with Crippen LogP contribution in [0.25, 0.3) is 0 Å². The number of halogens is 6. The molecule has 0 saturated carbocycles. The van der Waals surface area contributed by atoms with Crippen molar-refractivity contribution >= 4 is 25.3 Å². The number of hydrogen-bond donors (Lipinski definition) is 0. The first kappa shape index (κ1) is 80.8. The normalized spacial score (nSPS) is 4.86. The number of alkyl halides is 6. The standard InChI is InChI=1S/2CHF3S.8CO.2Mn/c2*2-1(3,4)5;8*1-2;;/h2*5H;;;;;;;;;;/q;;;;;;;;;;2*+2/p-2. The summed E-state index contributed by atoms with van der Waals surface area (Å²) in [5.74, 6) is 0. The smallest absolute Gasteiger partial charge is 2.00 e. The molecule has 0 saturated heterocycles. The molecule has 0 atom stereocenters. The summed E-state index contributed by atoms with van der Waals surface area (Å²) in [5.41, 5.74) is -8.83. The fourth-order valence-electron chi connectivity index (χ4n) is 0. The van der Waals surface area contributed by atoms with Gasteiger partial charge in [0.15, 0.2) is 0 Å². The minimum atomic E-state index is -4.42. The Morgan fingerprint density at radius 3 is 0.357 bits per heavy atom. The monoisotopic (exact) mass is 536 g/mol.